The van der Waals surface area contributed by atoms with Crippen LogP contribution in [0.4, 0.5) is 0 Å². The standard InChI is InChI=1S/C10H14O2/c1-7-6-8(11)10(9(7)12)4-2-3-5-10/h7H,2-6H2,1H3. The van der Waals surface area contributed by atoms with Gasteiger partial charge in [0, 0.05) is 12.3 Å². The Bertz CT molecular complexity index is 236. The fourth-order valence-electron chi connectivity index (χ4n) is 2.68. The second-order valence-corrected chi connectivity index (χ2v) is 4.18. The van der Waals surface area contributed by atoms with Crippen LogP contribution >= 0.6 is 0 Å². The van der Waals surface area contributed by atoms with Gasteiger partial charge in [0.1, 0.15) is 11.6 Å². The van der Waals surface area contributed by atoms with Gasteiger partial charge < -0.3 is 0 Å². The number of carbonyl (C=O) groups is 2. The van der Waals surface area contributed by atoms with Gasteiger partial charge >= 0.3 is 0 Å². The fraction of sp³-hybridized carbons (Fsp3) is 0.800. The summed E-state index contributed by atoms with van der Waals surface area (Å²) in [6.45, 7) is 1.88. The molecule has 12 heavy (non-hydrogen) atoms. The van der Waals surface area contributed by atoms with Gasteiger partial charge in [0.15, 0.2) is 0 Å². The molecule has 0 amide bonds. The first-order valence-electron chi connectivity index (χ1n) is 4.74. The van der Waals surface area contributed by atoms with Crippen molar-refractivity contribution in [1.29, 1.82) is 0 Å². The van der Waals surface area contributed by atoms with E-state index in [2.05, 4.69) is 0 Å². The second-order valence-electron chi connectivity index (χ2n) is 4.18. The summed E-state index contributed by atoms with van der Waals surface area (Å²) in [4.78, 5) is 23.3. The molecule has 2 aliphatic rings. The van der Waals surface area contributed by atoms with E-state index in [0.29, 0.717) is 6.42 Å². The molecule has 0 aromatic heterocycles. The van der Waals surface area contributed by atoms with E-state index in [1.54, 1.807) is 0 Å². The summed E-state index contributed by atoms with van der Waals surface area (Å²) < 4.78 is 0. The van der Waals surface area contributed by atoms with Gasteiger partial charge in [0.2, 0.25) is 0 Å². The molecule has 2 aliphatic carbocycles. The van der Waals surface area contributed by atoms with E-state index < -0.39 is 5.41 Å². The van der Waals surface area contributed by atoms with Crippen molar-refractivity contribution < 1.29 is 9.59 Å². The lowest BCUT2D eigenvalue weighted by molar-refractivity contribution is -0.135. The van der Waals surface area contributed by atoms with Gasteiger partial charge in [0.05, 0.1) is 5.41 Å². The molecular formula is C10H14O2. The van der Waals surface area contributed by atoms with Gasteiger partial charge in [-0.3, -0.25) is 9.59 Å². The van der Waals surface area contributed by atoms with E-state index in [4.69, 9.17) is 0 Å². The first-order chi connectivity index (χ1) is 5.67. The molecule has 1 unspecified atom stereocenters. The zero-order chi connectivity index (χ0) is 8.77. The van der Waals surface area contributed by atoms with Crippen LogP contribution in [0.5, 0.6) is 0 Å². The predicted molar refractivity (Wildman–Crippen MR) is 44.7 cm³/mol. The highest BCUT2D eigenvalue weighted by molar-refractivity contribution is 6.14. The van der Waals surface area contributed by atoms with Crippen molar-refractivity contribution in [1.82, 2.24) is 0 Å². The summed E-state index contributed by atoms with van der Waals surface area (Å²) in [7, 11) is 0. The van der Waals surface area contributed by atoms with E-state index in [0.717, 1.165) is 25.7 Å². The van der Waals surface area contributed by atoms with Crippen LogP contribution in [0.3, 0.4) is 0 Å². The smallest absolute Gasteiger partial charge is 0.149 e. The van der Waals surface area contributed by atoms with E-state index >= 15 is 0 Å². The van der Waals surface area contributed by atoms with Crippen LogP contribution in [-0.4, -0.2) is 11.6 Å². The van der Waals surface area contributed by atoms with Crippen molar-refractivity contribution in [3.05, 3.63) is 0 Å². The van der Waals surface area contributed by atoms with Crippen LogP contribution in [0.1, 0.15) is 39.0 Å². The lowest BCUT2D eigenvalue weighted by atomic mass is 9.82. The molecule has 1 spiro atoms. The summed E-state index contributed by atoms with van der Waals surface area (Å²) in [6, 6.07) is 0. The highest BCUT2D eigenvalue weighted by Gasteiger charge is 2.53. The van der Waals surface area contributed by atoms with Crippen LogP contribution in [0.2, 0.25) is 0 Å². The maximum Gasteiger partial charge on any atom is 0.149 e. The third-order valence-corrected chi connectivity index (χ3v) is 3.40. The average Bonchev–Trinajstić information content (AvgIpc) is 2.57. The SMILES string of the molecule is CC1CC(=O)C2(CCCC2)C1=O. The molecule has 1 atom stereocenters. The lowest BCUT2D eigenvalue weighted by Crippen LogP contribution is -2.30. The van der Waals surface area contributed by atoms with Crippen LogP contribution in [-0.2, 0) is 9.59 Å². The largest absolute Gasteiger partial charge is 0.299 e. The van der Waals surface area contributed by atoms with Crippen LogP contribution in [0.25, 0.3) is 0 Å². The summed E-state index contributed by atoms with van der Waals surface area (Å²) in [5, 5.41) is 0. The first-order valence-corrected chi connectivity index (χ1v) is 4.74. The Morgan fingerprint density at radius 3 is 2.25 bits per heavy atom. The summed E-state index contributed by atoms with van der Waals surface area (Å²) in [6.07, 6.45) is 4.28. The van der Waals surface area contributed by atoms with E-state index in [1.807, 2.05) is 6.92 Å². The van der Waals surface area contributed by atoms with Gasteiger partial charge in [0.25, 0.3) is 0 Å². The number of Topliss-reactive ketones (excluding diaryl/α,β-unsaturated/α-hetero) is 2. The molecule has 2 fully saturated rings. The molecule has 0 N–H and O–H groups in total. The van der Waals surface area contributed by atoms with E-state index in [-0.39, 0.29) is 17.5 Å². The highest BCUT2D eigenvalue weighted by atomic mass is 16.2. The molecule has 2 rings (SSSR count). The Hall–Kier alpha value is -0.660. The Morgan fingerprint density at radius 2 is 1.83 bits per heavy atom. The van der Waals surface area contributed by atoms with Gasteiger partial charge in [-0.25, -0.2) is 0 Å². The molecule has 0 saturated heterocycles. The minimum Gasteiger partial charge on any atom is -0.299 e. The molecule has 0 bridgehead atoms. The van der Waals surface area contributed by atoms with Crippen molar-refractivity contribution in [2.45, 2.75) is 39.0 Å². The van der Waals surface area contributed by atoms with Gasteiger partial charge in [-0.1, -0.05) is 19.8 Å². The molecule has 0 radical (unpaired) electrons. The third kappa shape index (κ3) is 0.809. The Kier molecular flexibility index (Phi) is 1.60. The zero-order valence-corrected chi connectivity index (χ0v) is 7.43. The van der Waals surface area contributed by atoms with Crippen molar-refractivity contribution in [3.8, 4) is 0 Å². The monoisotopic (exact) mass is 166 g/mol. The predicted octanol–water partition coefficient (Wildman–Crippen LogP) is 1.72. The summed E-state index contributed by atoms with van der Waals surface area (Å²) in [5.41, 5.74) is -0.501. The molecular weight excluding hydrogens is 152 g/mol. The normalized spacial score (nSPS) is 33.6. The summed E-state index contributed by atoms with van der Waals surface area (Å²) >= 11 is 0. The van der Waals surface area contributed by atoms with Crippen LogP contribution < -0.4 is 0 Å². The van der Waals surface area contributed by atoms with Crippen molar-refractivity contribution >= 4 is 11.6 Å². The quantitative estimate of drug-likeness (QED) is 0.513. The number of hydrogen-bond donors (Lipinski definition) is 0. The maximum atomic E-state index is 11.7. The van der Waals surface area contributed by atoms with Gasteiger partial charge in [-0.15, -0.1) is 0 Å². The Balaban J connectivity index is 2.34. The topological polar surface area (TPSA) is 34.1 Å². The van der Waals surface area contributed by atoms with Gasteiger partial charge in [-0.2, -0.15) is 0 Å². The lowest BCUT2D eigenvalue weighted by Gasteiger charge is -2.18. The fourth-order valence-corrected chi connectivity index (χ4v) is 2.68. The summed E-state index contributed by atoms with van der Waals surface area (Å²) in [5.74, 6) is 0.443. The van der Waals surface area contributed by atoms with E-state index in [9.17, 15) is 9.59 Å². The van der Waals surface area contributed by atoms with Crippen molar-refractivity contribution in [2.75, 3.05) is 0 Å². The first kappa shape index (κ1) is 7.96. The number of rotatable bonds is 0. The van der Waals surface area contributed by atoms with Gasteiger partial charge in [-0.05, 0) is 12.8 Å². The Labute approximate surface area is 72.3 Å². The average molecular weight is 166 g/mol. The maximum absolute atomic E-state index is 11.7. The molecule has 0 aliphatic heterocycles. The Morgan fingerprint density at radius 1 is 1.25 bits per heavy atom. The highest BCUT2D eigenvalue weighted by Crippen LogP contribution is 2.47. The molecule has 0 aromatic rings. The minimum atomic E-state index is -0.501. The molecule has 2 heteroatoms. The van der Waals surface area contributed by atoms with Crippen molar-refractivity contribution in [3.63, 3.8) is 0 Å². The molecule has 2 saturated carbocycles. The molecule has 0 aromatic carbocycles. The number of carbonyl (C=O) groups excluding carboxylic acids is 2. The number of ketones is 2. The van der Waals surface area contributed by atoms with E-state index in [1.165, 1.54) is 0 Å². The molecule has 66 valence electrons. The molecule has 2 nitrogen and oxygen atoms in total. The second kappa shape index (κ2) is 2.41. The number of hydrogen-bond acceptors (Lipinski definition) is 2. The minimum absolute atomic E-state index is 0.00407. The van der Waals surface area contributed by atoms with Crippen LogP contribution in [0, 0.1) is 11.3 Å². The molecule has 0 heterocycles. The van der Waals surface area contributed by atoms with Crippen molar-refractivity contribution in [2.24, 2.45) is 11.3 Å². The van der Waals surface area contributed by atoms with Crippen LogP contribution in [0.15, 0.2) is 0 Å². The third-order valence-electron chi connectivity index (χ3n) is 3.40. The zero-order valence-electron chi connectivity index (χ0n) is 7.43.